The smallest absolute Gasteiger partial charge is 0.258 e. The molecule has 3 atom stereocenters. The Balaban J connectivity index is 1.25. The molecule has 2 bridgehead atoms. The fourth-order valence-electron chi connectivity index (χ4n) is 4.63. The molecule has 0 saturated heterocycles. The zero-order chi connectivity index (χ0) is 17.2. The van der Waals surface area contributed by atoms with Crippen molar-refractivity contribution >= 4 is 16.8 Å². The predicted octanol–water partition coefficient (Wildman–Crippen LogP) is 2.80. The van der Waals surface area contributed by atoms with Gasteiger partial charge in [-0.25, -0.2) is 4.98 Å². The van der Waals surface area contributed by atoms with Gasteiger partial charge in [-0.2, -0.15) is 0 Å². The number of hydrogen-bond acceptors (Lipinski definition) is 3. The molecule has 1 amide bonds. The van der Waals surface area contributed by atoms with E-state index < -0.39 is 0 Å². The topological polar surface area (TPSA) is 74.8 Å². The number of hydrogen-bond donors (Lipinski definition) is 2. The number of aromatic amines is 1. The largest absolute Gasteiger partial charge is 0.356 e. The molecule has 1 heterocycles. The first-order chi connectivity index (χ1) is 12.2. The number of carbonyl (C=O) groups excluding carboxylic acids is 1. The number of aryl methyl sites for hydroxylation is 1. The molecule has 132 valence electrons. The van der Waals surface area contributed by atoms with Gasteiger partial charge < -0.3 is 10.3 Å². The van der Waals surface area contributed by atoms with E-state index >= 15 is 0 Å². The molecular formula is C20H25N3O2. The van der Waals surface area contributed by atoms with Gasteiger partial charge in [-0.1, -0.05) is 18.6 Å². The van der Waals surface area contributed by atoms with E-state index in [4.69, 9.17) is 0 Å². The van der Waals surface area contributed by atoms with Crippen LogP contribution in [0, 0.1) is 17.8 Å². The van der Waals surface area contributed by atoms with E-state index in [2.05, 4.69) is 15.3 Å². The molecule has 0 spiro atoms. The Hall–Kier alpha value is -2.17. The summed E-state index contributed by atoms with van der Waals surface area (Å²) < 4.78 is 0. The highest BCUT2D eigenvalue weighted by atomic mass is 16.1. The molecule has 2 aliphatic carbocycles. The fraction of sp³-hybridized carbons (Fsp3) is 0.550. The molecule has 5 nitrogen and oxygen atoms in total. The first kappa shape index (κ1) is 16.3. The second-order valence-electron chi connectivity index (χ2n) is 7.62. The van der Waals surface area contributed by atoms with Crippen molar-refractivity contribution in [3.63, 3.8) is 0 Å². The Bertz CT molecular complexity index is 829. The van der Waals surface area contributed by atoms with Gasteiger partial charge in [-0.05, 0) is 55.6 Å². The van der Waals surface area contributed by atoms with Gasteiger partial charge in [0.25, 0.3) is 5.56 Å². The summed E-state index contributed by atoms with van der Waals surface area (Å²) in [5, 5.41) is 3.71. The van der Waals surface area contributed by atoms with Gasteiger partial charge in [0.1, 0.15) is 5.82 Å². The van der Waals surface area contributed by atoms with Gasteiger partial charge in [0.15, 0.2) is 0 Å². The lowest BCUT2D eigenvalue weighted by Gasteiger charge is -2.21. The van der Waals surface area contributed by atoms with Crippen LogP contribution in [0.3, 0.4) is 0 Å². The second-order valence-corrected chi connectivity index (χ2v) is 7.62. The molecule has 2 fully saturated rings. The van der Waals surface area contributed by atoms with E-state index in [0.29, 0.717) is 41.9 Å². The van der Waals surface area contributed by atoms with Crippen molar-refractivity contribution in [2.24, 2.45) is 17.8 Å². The van der Waals surface area contributed by atoms with Crippen molar-refractivity contribution in [2.75, 3.05) is 6.54 Å². The lowest BCUT2D eigenvalue weighted by molar-refractivity contribution is -0.121. The maximum absolute atomic E-state index is 12.1. The SMILES string of the molecule is O=C(CCCc1nc2ccccc2c(=O)[nH]1)NCC1CC2CCC1C2. The standard InChI is InChI=1S/C20H25N3O2/c24-19(21-12-15-11-13-8-9-14(15)10-13)7-3-6-18-22-17-5-2-1-4-16(17)20(25)23-18/h1-2,4-5,13-15H,3,6-12H2,(H,21,24)(H,22,23,25). The quantitative estimate of drug-likeness (QED) is 0.850. The number of nitrogens with zero attached hydrogens (tertiary/aromatic N) is 1. The zero-order valence-corrected chi connectivity index (χ0v) is 14.5. The van der Waals surface area contributed by atoms with Crippen LogP contribution in [0.25, 0.3) is 10.9 Å². The van der Waals surface area contributed by atoms with E-state index in [9.17, 15) is 9.59 Å². The van der Waals surface area contributed by atoms with Gasteiger partial charge in [-0.3, -0.25) is 9.59 Å². The van der Waals surface area contributed by atoms with Crippen LogP contribution < -0.4 is 10.9 Å². The number of para-hydroxylation sites is 1. The molecule has 4 rings (SSSR count). The minimum absolute atomic E-state index is 0.110. The summed E-state index contributed by atoms with van der Waals surface area (Å²) in [4.78, 5) is 31.4. The Morgan fingerprint density at radius 3 is 2.92 bits per heavy atom. The summed E-state index contributed by atoms with van der Waals surface area (Å²) in [6, 6.07) is 7.32. The van der Waals surface area contributed by atoms with Crippen LogP contribution in [0.1, 0.15) is 44.3 Å². The molecule has 5 heteroatoms. The first-order valence-electron chi connectivity index (χ1n) is 9.43. The second kappa shape index (κ2) is 6.98. The molecule has 2 saturated carbocycles. The summed E-state index contributed by atoms with van der Waals surface area (Å²) in [6.45, 7) is 0.838. The van der Waals surface area contributed by atoms with E-state index in [1.54, 1.807) is 6.07 Å². The van der Waals surface area contributed by atoms with Gasteiger partial charge in [0.2, 0.25) is 5.91 Å². The van der Waals surface area contributed by atoms with Crippen molar-refractivity contribution in [1.29, 1.82) is 0 Å². The average molecular weight is 339 g/mol. The van der Waals surface area contributed by atoms with E-state index in [1.807, 2.05) is 18.2 Å². The van der Waals surface area contributed by atoms with Crippen LogP contribution in [0.5, 0.6) is 0 Å². The maximum atomic E-state index is 12.1. The number of amides is 1. The molecule has 0 aliphatic heterocycles. The molecule has 2 aliphatic rings. The Labute approximate surface area is 147 Å². The lowest BCUT2D eigenvalue weighted by Crippen LogP contribution is -2.31. The highest BCUT2D eigenvalue weighted by Gasteiger charge is 2.39. The van der Waals surface area contributed by atoms with Crippen molar-refractivity contribution < 1.29 is 4.79 Å². The first-order valence-corrected chi connectivity index (χ1v) is 9.43. The summed E-state index contributed by atoms with van der Waals surface area (Å²) >= 11 is 0. The van der Waals surface area contributed by atoms with Gasteiger partial charge in [-0.15, -0.1) is 0 Å². The molecule has 1 aromatic carbocycles. The van der Waals surface area contributed by atoms with Crippen molar-refractivity contribution in [1.82, 2.24) is 15.3 Å². The Morgan fingerprint density at radius 2 is 2.12 bits per heavy atom. The van der Waals surface area contributed by atoms with Crippen LogP contribution in [0.2, 0.25) is 0 Å². The van der Waals surface area contributed by atoms with E-state index in [1.165, 1.54) is 25.7 Å². The molecule has 25 heavy (non-hydrogen) atoms. The van der Waals surface area contributed by atoms with Gasteiger partial charge in [0.05, 0.1) is 10.9 Å². The monoisotopic (exact) mass is 339 g/mol. The summed E-state index contributed by atoms with van der Waals surface area (Å²) in [7, 11) is 0. The van der Waals surface area contributed by atoms with Gasteiger partial charge >= 0.3 is 0 Å². The highest BCUT2D eigenvalue weighted by molar-refractivity contribution is 5.77. The minimum atomic E-state index is -0.110. The number of carbonyl (C=O) groups is 1. The van der Waals surface area contributed by atoms with Crippen LogP contribution in [0.15, 0.2) is 29.1 Å². The number of benzene rings is 1. The zero-order valence-electron chi connectivity index (χ0n) is 14.5. The lowest BCUT2D eigenvalue weighted by atomic mass is 9.89. The number of fused-ring (bicyclic) bond motifs is 3. The third-order valence-corrected chi connectivity index (χ3v) is 5.93. The minimum Gasteiger partial charge on any atom is -0.356 e. The van der Waals surface area contributed by atoms with Gasteiger partial charge in [0, 0.05) is 19.4 Å². The molecule has 2 N–H and O–H groups in total. The number of H-pyrrole nitrogens is 1. The average Bonchev–Trinajstić information content (AvgIpc) is 3.23. The summed E-state index contributed by atoms with van der Waals surface area (Å²) in [5.41, 5.74) is 0.600. The van der Waals surface area contributed by atoms with Crippen LogP contribution in [-0.4, -0.2) is 22.4 Å². The summed E-state index contributed by atoms with van der Waals surface area (Å²) in [5.74, 6) is 3.23. The van der Waals surface area contributed by atoms with Crippen LogP contribution in [0.4, 0.5) is 0 Å². The number of nitrogens with one attached hydrogen (secondary N) is 2. The van der Waals surface area contributed by atoms with Crippen LogP contribution >= 0.6 is 0 Å². The van der Waals surface area contributed by atoms with Crippen molar-refractivity contribution in [2.45, 2.75) is 44.9 Å². The fourth-order valence-corrected chi connectivity index (χ4v) is 4.63. The van der Waals surface area contributed by atoms with E-state index in [0.717, 1.165) is 18.4 Å². The van der Waals surface area contributed by atoms with E-state index in [-0.39, 0.29) is 11.5 Å². The normalized spacial score (nSPS) is 24.7. The predicted molar refractivity (Wildman–Crippen MR) is 97.2 cm³/mol. The third kappa shape index (κ3) is 3.60. The number of rotatable bonds is 6. The molecule has 1 aromatic heterocycles. The van der Waals surface area contributed by atoms with Crippen molar-refractivity contribution in [3.05, 3.63) is 40.4 Å². The number of aromatic nitrogens is 2. The third-order valence-electron chi connectivity index (χ3n) is 5.93. The summed E-state index contributed by atoms with van der Waals surface area (Å²) in [6.07, 6.45) is 7.22. The Morgan fingerprint density at radius 1 is 1.24 bits per heavy atom. The molecule has 2 aromatic rings. The Kier molecular flexibility index (Phi) is 4.55. The highest BCUT2D eigenvalue weighted by Crippen LogP contribution is 2.47. The molecule has 0 radical (unpaired) electrons. The maximum Gasteiger partial charge on any atom is 0.258 e. The van der Waals surface area contributed by atoms with Crippen LogP contribution in [-0.2, 0) is 11.2 Å². The molecular weight excluding hydrogens is 314 g/mol. The molecule has 3 unspecified atom stereocenters. The van der Waals surface area contributed by atoms with Crippen molar-refractivity contribution in [3.8, 4) is 0 Å².